The molecule has 0 unspecified atom stereocenters. The Balaban J connectivity index is 0.000000500. The molecular formula is C20H20BF4NO2. The van der Waals surface area contributed by atoms with Gasteiger partial charge in [-0.1, -0.05) is 42.0 Å². The molecule has 3 rings (SSSR count). The molecule has 0 saturated heterocycles. The van der Waals surface area contributed by atoms with Gasteiger partial charge in [0.1, 0.15) is 5.75 Å². The Kier molecular flexibility index (Phi) is 7.03. The predicted octanol–water partition coefficient (Wildman–Crippen LogP) is 5.56. The Bertz CT molecular complexity index is 911. The van der Waals surface area contributed by atoms with E-state index in [0.717, 1.165) is 28.3 Å². The maximum Gasteiger partial charge on any atom is 0.673 e. The van der Waals surface area contributed by atoms with Crippen molar-refractivity contribution in [3.8, 4) is 17.1 Å². The van der Waals surface area contributed by atoms with Gasteiger partial charge in [-0.2, -0.15) is 0 Å². The minimum atomic E-state index is -6.00. The zero-order valence-electron chi connectivity index (χ0n) is 15.7. The molecule has 8 heteroatoms. The maximum atomic E-state index is 9.75. The van der Waals surface area contributed by atoms with E-state index in [1.54, 1.807) is 11.8 Å². The summed E-state index contributed by atoms with van der Waals surface area (Å²) in [6.45, 7) is 2.08. The Morgan fingerprint density at radius 3 is 2.04 bits per heavy atom. The number of benzene rings is 2. The summed E-state index contributed by atoms with van der Waals surface area (Å²) in [5.74, 6) is 1.72. The van der Waals surface area contributed by atoms with Crippen LogP contribution in [-0.4, -0.2) is 14.4 Å². The fourth-order valence-electron chi connectivity index (χ4n) is 2.36. The standard InChI is InChI=1S/C20H20NO2.BF4/c1-15-4-9-17(10-5-15)20-14-18(21(2)23-20)11-6-16-7-12-19(22-3)13-8-16;2-1(3,4)5/h4-14H,1-3H3;/q+1;-1. The number of halogens is 4. The summed E-state index contributed by atoms with van der Waals surface area (Å²) in [6, 6.07) is 18.3. The van der Waals surface area contributed by atoms with Gasteiger partial charge in [0.15, 0.2) is 7.05 Å². The van der Waals surface area contributed by atoms with Gasteiger partial charge in [-0.25, -0.2) is 4.52 Å². The van der Waals surface area contributed by atoms with Gasteiger partial charge in [0.05, 0.1) is 13.2 Å². The third-order valence-electron chi connectivity index (χ3n) is 3.78. The van der Waals surface area contributed by atoms with Crippen LogP contribution in [0.25, 0.3) is 23.5 Å². The number of hydrogen-bond donors (Lipinski definition) is 0. The highest BCUT2D eigenvalue weighted by molar-refractivity contribution is 6.50. The molecular weight excluding hydrogens is 373 g/mol. The largest absolute Gasteiger partial charge is 0.673 e. The monoisotopic (exact) mass is 393 g/mol. The Morgan fingerprint density at radius 1 is 0.929 bits per heavy atom. The van der Waals surface area contributed by atoms with Gasteiger partial charge >= 0.3 is 7.25 Å². The molecule has 0 aliphatic rings. The fourth-order valence-corrected chi connectivity index (χ4v) is 2.36. The molecule has 28 heavy (non-hydrogen) atoms. The van der Waals surface area contributed by atoms with Gasteiger partial charge in [-0.05, 0) is 35.4 Å². The van der Waals surface area contributed by atoms with E-state index in [0.29, 0.717) is 0 Å². The van der Waals surface area contributed by atoms with E-state index < -0.39 is 7.25 Å². The summed E-state index contributed by atoms with van der Waals surface area (Å²) in [5, 5.41) is 0. The highest BCUT2D eigenvalue weighted by Crippen LogP contribution is 2.21. The van der Waals surface area contributed by atoms with Crippen LogP contribution >= 0.6 is 0 Å². The second kappa shape index (κ2) is 9.26. The molecule has 0 N–H and O–H groups in total. The molecule has 0 aliphatic heterocycles. The molecule has 1 heterocycles. The molecule has 3 nitrogen and oxygen atoms in total. The zero-order valence-corrected chi connectivity index (χ0v) is 15.7. The van der Waals surface area contributed by atoms with E-state index in [-0.39, 0.29) is 0 Å². The van der Waals surface area contributed by atoms with Gasteiger partial charge in [0, 0.05) is 11.6 Å². The lowest BCUT2D eigenvalue weighted by atomic mass is 10.1. The van der Waals surface area contributed by atoms with Crippen molar-refractivity contribution in [3.05, 3.63) is 71.4 Å². The van der Waals surface area contributed by atoms with Crippen LogP contribution in [0.4, 0.5) is 17.3 Å². The number of aryl methyl sites for hydroxylation is 2. The molecule has 0 amide bonds. The van der Waals surface area contributed by atoms with Crippen molar-refractivity contribution in [3.63, 3.8) is 0 Å². The second-order valence-electron chi connectivity index (χ2n) is 5.99. The van der Waals surface area contributed by atoms with Crippen molar-refractivity contribution in [2.24, 2.45) is 7.05 Å². The molecule has 0 aliphatic carbocycles. The molecule has 0 spiro atoms. The quantitative estimate of drug-likeness (QED) is 0.330. The molecule has 148 valence electrons. The first-order chi connectivity index (χ1) is 13.2. The van der Waals surface area contributed by atoms with Crippen molar-refractivity contribution in [2.75, 3.05) is 7.11 Å². The Morgan fingerprint density at radius 2 is 1.50 bits per heavy atom. The van der Waals surface area contributed by atoms with Crippen LogP contribution in [0.3, 0.4) is 0 Å². The molecule has 0 radical (unpaired) electrons. The van der Waals surface area contributed by atoms with Crippen LogP contribution in [0.2, 0.25) is 0 Å². The van der Waals surface area contributed by atoms with Gasteiger partial charge in [0.25, 0.3) is 5.69 Å². The smallest absolute Gasteiger partial charge is 0.497 e. The third kappa shape index (κ3) is 6.94. The summed E-state index contributed by atoms with van der Waals surface area (Å²) in [6.07, 6.45) is 4.10. The molecule has 1 aromatic heterocycles. The van der Waals surface area contributed by atoms with Gasteiger partial charge < -0.3 is 22.0 Å². The number of ether oxygens (including phenoxy) is 1. The number of aromatic nitrogens is 1. The molecule has 0 saturated carbocycles. The van der Waals surface area contributed by atoms with E-state index in [1.165, 1.54) is 5.56 Å². The van der Waals surface area contributed by atoms with E-state index in [2.05, 4.69) is 37.3 Å². The van der Waals surface area contributed by atoms with E-state index in [4.69, 9.17) is 9.26 Å². The van der Waals surface area contributed by atoms with Crippen molar-refractivity contribution >= 4 is 19.4 Å². The Hall–Kier alpha value is -3.03. The lowest BCUT2D eigenvalue weighted by Gasteiger charge is -1.98. The first-order valence-electron chi connectivity index (χ1n) is 8.42. The SMILES string of the molecule is COc1ccc(C=Cc2cc(-c3ccc(C)cc3)o[n+]2C)cc1.F[B-](F)(F)F. The number of hydrogen-bond acceptors (Lipinski definition) is 2. The minimum absolute atomic E-state index is 0.859. The van der Waals surface area contributed by atoms with Crippen LogP contribution in [0.15, 0.2) is 59.1 Å². The van der Waals surface area contributed by atoms with Gasteiger partial charge in [0.2, 0.25) is 5.76 Å². The highest BCUT2D eigenvalue weighted by Gasteiger charge is 2.20. The normalized spacial score (nSPS) is 11.2. The molecule has 3 aromatic rings. The zero-order chi connectivity index (χ0) is 20.7. The first-order valence-corrected chi connectivity index (χ1v) is 8.42. The van der Waals surface area contributed by atoms with Crippen LogP contribution < -0.4 is 9.48 Å². The number of nitrogens with zero attached hydrogens (tertiary/aromatic N) is 1. The predicted molar refractivity (Wildman–Crippen MR) is 102 cm³/mol. The first kappa shape index (κ1) is 21.3. The average molecular weight is 393 g/mol. The second-order valence-corrected chi connectivity index (χ2v) is 5.99. The van der Waals surface area contributed by atoms with Crippen molar-refractivity contribution < 1.29 is 31.3 Å². The summed E-state index contributed by atoms with van der Waals surface area (Å²) in [7, 11) is -2.42. The number of methoxy groups -OCH3 is 1. The average Bonchev–Trinajstić information content (AvgIpc) is 3.00. The fraction of sp³-hybridized carbons (Fsp3) is 0.150. The molecule has 2 aromatic carbocycles. The van der Waals surface area contributed by atoms with E-state index >= 15 is 0 Å². The summed E-state index contributed by atoms with van der Waals surface area (Å²) in [4.78, 5) is 0. The third-order valence-corrected chi connectivity index (χ3v) is 3.78. The molecule has 0 atom stereocenters. The maximum absolute atomic E-state index is 9.75. The van der Waals surface area contributed by atoms with E-state index in [9.17, 15) is 17.3 Å². The van der Waals surface area contributed by atoms with Crippen molar-refractivity contribution in [2.45, 2.75) is 6.92 Å². The van der Waals surface area contributed by atoms with Crippen LogP contribution in [0.1, 0.15) is 16.8 Å². The summed E-state index contributed by atoms with van der Waals surface area (Å²) >= 11 is 0. The topological polar surface area (TPSA) is 26.2 Å². The van der Waals surface area contributed by atoms with Crippen molar-refractivity contribution in [1.29, 1.82) is 0 Å². The lowest BCUT2D eigenvalue weighted by Crippen LogP contribution is -2.27. The number of rotatable bonds is 4. The van der Waals surface area contributed by atoms with Gasteiger partial charge in [-0.15, -0.1) is 0 Å². The van der Waals surface area contributed by atoms with Crippen LogP contribution in [-0.2, 0) is 7.05 Å². The minimum Gasteiger partial charge on any atom is -0.497 e. The van der Waals surface area contributed by atoms with Gasteiger partial charge in [-0.3, -0.25) is 0 Å². The summed E-state index contributed by atoms with van der Waals surface area (Å²) < 4.78 is 51.8. The van der Waals surface area contributed by atoms with Crippen LogP contribution in [0.5, 0.6) is 5.75 Å². The van der Waals surface area contributed by atoms with Crippen LogP contribution in [0, 0.1) is 6.92 Å². The molecule has 0 fully saturated rings. The summed E-state index contributed by atoms with van der Waals surface area (Å²) in [5.41, 5.74) is 4.44. The lowest BCUT2D eigenvalue weighted by molar-refractivity contribution is -0.844. The highest BCUT2D eigenvalue weighted by atomic mass is 19.5. The van der Waals surface area contributed by atoms with E-state index in [1.807, 2.05) is 43.5 Å². The molecule has 0 bridgehead atoms. The van der Waals surface area contributed by atoms with Crippen molar-refractivity contribution in [1.82, 2.24) is 0 Å². The Labute approximate surface area is 160 Å².